The molecule has 1 fully saturated rings. The van der Waals surface area contributed by atoms with Gasteiger partial charge in [-0.05, 0) is 43.0 Å². The number of anilines is 1. The van der Waals surface area contributed by atoms with Crippen molar-refractivity contribution in [3.63, 3.8) is 0 Å². The van der Waals surface area contributed by atoms with Gasteiger partial charge in [0.05, 0.1) is 11.7 Å². The van der Waals surface area contributed by atoms with E-state index < -0.39 is 11.7 Å². The van der Waals surface area contributed by atoms with Gasteiger partial charge in [-0.3, -0.25) is 4.98 Å². The average Bonchev–Trinajstić information content (AvgIpc) is 3.02. The minimum absolute atomic E-state index is 0.355. The second-order valence-corrected chi connectivity index (χ2v) is 6.48. The molecule has 1 aliphatic carbocycles. The van der Waals surface area contributed by atoms with Crippen molar-refractivity contribution in [1.82, 2.24) is 4.98 Å². The number of nitrogens with zero attached hydrogens (tertiary/aromatic N) is 1. The Morgan fingerprint density at radius 1 is 1.22 bits per heavy atom. The molecule has 3 N–H and O–H groups in total. The zero-order valence-corrected chi connectivity index (χ0v) is 13.5. The maximum absolute atomic E-state index is 10.4. The molecule has 0 spiro atoms. The molecule has 1 aliphatic rings. The van der Waals surface area contributed by atoms with Crippen molar-refractivity contribution >= 4 is 5.69 Å². The number of pyridine rings is 1. The van der Waals surface area contributed by atoms with Gasteiger partial charge in [-0.1, -0.05) is 31.0 Å². The summed E-state index contributed by atoms with van der Waals surface area (Å²) < 4.78 is 0. The number of aromatic nitrogens is 1. The number of aryl methyl sites for hydroxylation is 1. The fourth-order valence-corrected chi connectivity index (χ4v) is 3.24. The first-order chi connectivity index (χ1) is 11.1. The molecule has 1 heterocycles. The van der Waals surface area contributed by atoms with Crippen LogP contribution < -0.4 is 5.32 Å². The van der Waals surface area contributed by atoms with Crippen molar-refractivity contribution in [1.29, 1.82) is 0 Å². The summed E-state index contributed by atoms with van der Waals surface area (Å²) in [7, 11) is 0. The largest absolute Gasteiger partial charge is 0.388 e. The smallest absolute Gasteiger partial charge is 0.0998 e. The van der Waals surface area contributed by atoms with E-state index in [-0.39, 0.29) is 0 Å². The highest BCUT2D eigenvalue weighted by Crippen LogP contribution is 2.33. The standard InChI is InChI=1S/C19H24N2O2/c1-14-6-7-15(16-5-4-10-20-12-16)11-17(14)21-13-18(22)19(23)8-2-3-9-19/h4-7,10-12,18,21-23H,2-3,8-9,13H2,1H3. The van der Waals surface area contributed by atoms with Crippen LogP contribution in [0.25, 0.3) is 11.1 Å². The highest BCUT2D eigenvalue weighted by atomic mass is 16.3. The molecular weight excluding hydrogens is 288 g/mol. The zero-order valence-electron chi connectivity index (χ0n) is 13.5. The first-order valence-corrected chi connectivity index (χ1v) is 8.24. The Morgan fingerprint density at radius 2 is 2.00 bits per heavy atom. The van der Waals surface area contributed by atoms with Crippen LogP contribution in [0.5, 0.6) is 0 Å². The SMILES string of the molecule is Cc1ccc(-c2cccnc2)cc1NCC(O)C1(O)CCCC1. The number of benzene rings is 1. The molecule has 23 heavy (non-hydrogen) atoms. The molecule has 0 amide bonds. The van der Waals surface area contributed by atoms with Crippen molar-refractivity contribution in [2.75, 3.05) is 11.9 Å². The van der Waals surface area contributed by atoms with E-state index in [1.54, 1.807) is 6.20 Å². The van der Waals surface area contributed by atoms with Crippen LogP contribution in [0, 0.1) is 6.92 Å². The Kier molecular flexibility index (Phi) is 4.64. The lowest BCUT2D eigenvalue weighted by Gasteiger charge is -2.29. The topological polar surface area (TPSA) is 65.4 Å². The van der Waals surface area contributed by atoms with Crippen LogP contribution in [0.4, 0.5) is 5.69 Å². The first kappa shape index (κ1) is 16.0. The first-order valence-electron chi connectivity index (χ1n) is 8.24. The van der Waals surface area contributed by atoms with Crippen LogP contribution >= 0.6 is 0 Å². The number of hydrogen-bond donors (Lipinski definition) is 3. The van der Waals surface area contributed by atoms with E-state index in [1.165, 1.54) is 0 Å². The minimum Gasteiger partial charge on any atom is -0.388 e. The summed E-state index contributed by atoms with van der Waals surface area (Å²) in [6.45, 7) is 2.39. The summed E-state index contributed by atoms with van der Waals surface area (Å²) in [6.07, 6.45) is 6.20. The third kappa shape index (κ3) is 3.54. The predicted molar refractivity (Wildman–Crippen MR) is 92.3 cm³/mol. The summed E-state index contributed by atoms with van der Waals surface area (Å²) in [4.78, 5) is 4.16. The van der Waals surface area contributed by atoms with E-state index in [9.17, 15) is 10.2 Å². The number of nitrogens with one attached hydrogen (secondary N) is 1. The minimum atomic E-state index is -0.929. The Bertz CT molecular complexity index is 652. The van der Waals surface area contributed by atoms with E-state index in [0.29, 0.717) is 19.4 Å². The van der Waals surface area contributed by atoms with Crippen LogP contribution in [0.15, 0.2) is 42.7 Å². The molecule has 1 unspecified atom stereocenters. The maximum atomic E-state index is 10.4. The van der Waals surface area contributed by atoms with Gasteiger partial charge in [-0.2, -0.15) is 0 Å². The molecule has 1 aromatic carbocycles. The molecule has 1 aromatic heterocycles. The lowest BCUT2D eigenvalue weighted by molar-refractivity contribution is -0.0627. The summed E-state index contributed by atoms with van der Waals surface area (Å²) in [6, 6.07) is 10.1. The van der Waals surface area contributed by atoms with E-state index in [4.69, 9.17) is 0 Å². The van der Waals surface area contributed by atoms with Crippen molar-refractivity contribution < 1.29 is 10.2 Å². The van der Waals surface area contributed by atoms with E-state index in [1.807, 2.05) is 25.3 Å². The molecule has 2 aromatic rings. The van der Waals surface area contributed by atoms with Crippen molar-refractivity contribution in [3.05, 3.63) is 48.3 Å². The normalized spacial score (nSPS) is 17.9. The summed E-state index contributed by atoms with van der Waals surface area (Å²) in [5.41, 5.74) is 3.31. The molecule has 122 valence electrons. The Labute approximate surface area is 137 Å². The number of aliphatic hydroxyl groups is 2. The molecule has 1 atom stereocenters. The number of hydrogen-bond acceptors (Lipinski definition) is 4. The highest BCUT2D eigenvalue weighted by Gasteiger charge is 2.38. The van der Waals surface area contributed by atoms with Gasteiger partial charge in [-0.25, -0.2) is 0 Å². The average molecular weight is 312 g/mol. The Hall–Kier alpha value is -1.91. The monoisotopic (exact) mass is 312 g/mol. The lowest BCUT2D eigenvalue weighted by atomic mass is 9.94. The third-order valence-corrected chi connectivity index (χ3v) is 4.81. The van der Waals surface area contributed by atoms with Crippen LogP contribution in [0.3, 0.4) is 0 Å². The second kappa shape index (κ2) is 6.69. The summed E-state index contributed by atoms with van der Waals surface area (Å²) in [5.74, 6) is 0. The molecule has 4 nitrogen and oxygen atoms in total. The van der Waals surface area contributed by atoms with Crippen LogP contribution in [-0.4, -0.2) is 33.4 Å². The van der Waals surface area contributed by atoms with E-state index >= 15 is 0 Å². The molecule has 0 aliphatic heterocycles. The fourth-order valence-electron chi connectivity index (χ4n) is 3.24. The molecule has 3 rings (SSSR count). The van der Waals surface area contributed by atoms with Crippen molar-refractivity contribution in [2.45, 2.75) is 44.3 Å². The second-order valence-electron chi connectivity index (χ2n) is 6.48. The molecule has 0 saturated heterocycles. The summed E-state index contributed by atoms with van der Waals surface area (Å²) >= 11 is 0. The highest BCUT2D eigenvalue weighted by molar-refractivity contribution is 5.69. The van der Waals surface area contributed by atoms with Crippen molar-refractivity contribution in [3.8, 4) is 11.1 Å². The quantitative estimate of drug-likeness (QED) is 0.793. The molecule has 0 radical (unpaired) electrons. The predicted octanol–water partition coefficient (Wildman–Crippen LogP) is 3.13. The lowest BCUT2D eigenvalue weighted by Crippen LogP contribution is -2.43. The van der Waals surface area contributed by atoms with Gasteiger partial charge in [0.1, 0.15) is 0 Å². The van der Waals surface area contributed by atoms with Gasteiger partial charge in [-0.15, -0.1) is 0 Å². The van der Waals surface area contributed by atoms with Crippen LogP contribution in [-0.2, 0) is 0 Å². The zero-order chi connectivity index (χ0) is 16.3. The number of rotatable bonds is 5. The molecular formula is C19H24N2O2. The van der Waals surface area contributed by atoms with Crippen LogP contribution in [0.1, 0.15) is 31.2 Å². The van der Waals surface area contributed by atoms with Gasteiger partial charge >= 0.3 is 0 Å². The molecule has 4 heteroatoms. The Morgan fingerprint density at radius 3 is 2.70 bits per heavy atom. The van der Waals surface area contributed by atoms with E-state index in [2.05, 4.69) is 28.5 Å². The van der Waals surface area contributed by atoms with E-state index in [0.717, 1.165) is 35.2 Å². The Balaban J connectivity index is 1.72. The maximum Gasteiger partial charge on any atom is 0.0998 e. The molecule has 1 saturated carbocycles. The van der Waals surface area contributed by atoms with Gasteiger partial charge in [0.2, 0.25) is 0 Å². The van der Waals surface area contributed by atoms with Gasteiger partial charge in [0.15, 0.2) is 0 Å². The van der Waals surface area contributed by atoms with Gasteiger partial charge in [0.25, 0.3) is 0 Å². The fraction of sp³-hybridized carbons (Fsp3) is 0.421. The van der Waals surface area contributed by atoms with Gasteiger partial charge < -0.3 is 15.5 Å². The van der Waals surface area contributed by atoms with Crippen LogP contribution in [0.2, 0.25) is 0 Å². The third-order valence-electron chi connectivity index (χ3n) is 4.81. The number of aliphatic hydroxyl groups excluding tert-OH is 1. The van der Waals surface area contributed by atoms with Gasteiger partial charge in [0, 0.05) is 30.2 Å². The summed E-state index contributed by atoms with van der Waals surface area (Å²) in [5, 5.41) is 24.1. The molecule has 0 bridgehead atoms. The van der Waals surface area contributed by atoms with Crippen molar-refractivity contribution in [2.24, 2.45) is 0 Å².